The number of rotatable bonds is 1. The molecule has 1 aromatic heterocycles. The molecule has 1 heterocycles. The summed E-state index contributed by atoms with van der Waals surface area (Å²) in [4.78, 5) is 2.83. The van der Waals surface area contributed by atoms with Crippen LogP contribution in [0.4, 0.5) is 4.39 Å². The van der Waals surface area contributed by atoms with Crippen LogP contribution in [0.25, 0.3) is 0 Å². The third-order valence-electron chi connectivity index (χ3n) is 1.30. The zero-order chi connectivity index (χ0) is 6.85. The van der Waals surface area contributed by atoms with E-state index in [9.17, 15) is 4.39 Å². The predicted molar refractivity (Wildman–Crippen MR) is 34.8 cm³/mol. The monoisotopic (exact) mass is 127 g/mol. The quantitative estimate of drug-likeness (QED) is 0.595. The second-order valence-electron chi connectivity index (χ2n) is 2.39. The average Bonchev–Trinajstić information content (AvgIpc) is 2.13. The van der Waals surface area contributed by atoms with Crippen molar-refractivity contribution in [3.05, 3.63) is 23.8 Å². The lowest BCUT2D eigenvalue weighted by Crippen LogP contribution is -1.89. The normalized spacial score (nSPS) is 10.7. The number of nitrogens with one attached hydrogen (secondary N) is 1. The van der Waals surface area contributed by atoms with E-state index in [1.807, 2.05) is 13.8 Å². The predicted octanol–water partition coefficient (Wildman–Crippen LogP) is 2.28. The minimum absolute atomic E-state index is 0.134. The first-order valence-corrected chi connectivity index (χ1v) is 3.04. The Hall–Kier alpha value is -0.790. The molecule has 0 saturated carbocycles. The summed E-state index contributed by atoms with van der Waals surface area (Å²) in [5.74, 6) is 0.116. The van der Waals surface area contributed by atoms with Gasteiger partial charge in [-0.25, -0.2) is 4.39 Å². The standard InChI is InChI=1S/C7H10FN/c1-5(2)7-6(8)3-4-9-7/h3-5,9H,1-2H3. The fraction of sp³-hybridized carbons (Fsp3) is 0.429. The molecule has 1 N–H and O–H groups in total. The Morgan fingerprint density at radius 3 is 2.44 bits per heavy atom. The van der Waals surface area contributed by atoms with E-state index in [0.717, 1.165) is 0 Å². The third-order valence-corrected chi connectivity index (χ3v) is 1.30. The molecular weight excluding hydrogens is 117 g/mol. The van der Waals surface area contributed by atoms with Crippen LogP contribution in [-0.2, 0) is 0 Å². The van der Waals surface area contributed by atoms with Gasteiger partial charge < -0.3 is 4.98 Å². The summed E-state index contributed by atoms with van der Waals surface area (Å²) >= 11 is 0. The summed E-state index contributed by atoms with van der Waals surface area (Å²) in [7, 11) is 0. The van der Waals surface area contributed by atoms with Crippen LogP contribution in [0.2, 0.25) is 0 Å². The Bertz CT molecular complexity index is 191. The second-order valence-corrected chi connectivity index (χ2v) is 2.39. The SMILES string of the molecule is CC(C)c1[nH]ccc1F. The van der Waals surface area contributed by atoms with Crippen molar-refractivity contribution in [1.82, 2.24) is 4.98 Å². The highest BCUT2D eigenvalue weighted by Crippen LogP contribution is 2.14. The Morgan fingerprint density at radius 1 is 1.56 bits per heavy atom. The Kier molecular flexibility index (Phi) is 1.56. The molecule has 2 heteroatoms. The van der Waals surface area contributed by atoms with Crippen LogP contribution in [0.15, 0.2) is 12.3 Å². The van der Waals surface area contributed by atoms with E-state index in [0.29, 0.717) is 5.69 Å². The largest absolute Gasteiger partial charge is 0.362 e. The third kappa shape index (κ3) is 1.12. The minimum atomic E-state index is -0.134. The van der Waals surface area contributed by atoms with Crippen LogP contribution in [-0.4, -0.2) is 4.98 Å². The smallest absolute Gasteiger partial charge is 0.144 e. The van der Waals surface area contributed by atoms with E-state index in [2.05, 4.69) is 4.98 Å². The molecule has 0 unspecified atom stereocenters. The fourth-order valence-electron chi connectivity index (χ4n) is 0.806. The van der Waals surface area contributed by atoms with Gasteiger partial charge in [0, 0.05) is 6.20 Å². The van der Waals surface area contributed by atoms with E-state index in [4.69, 9.17) is 0 Å². The average molecular weight is 127 g/mol. The summed E-state index contributed by atoms with van der Waals surface area (Å²) in [5.41, 5.74) is 0.690. The van der Waals surface area contributed by atoms with Gasteiger partial charge in [-0.05, 0) is 12.0 Å². The van der Waals surface area contributed by atoms with Crippen molar-refractivity contribution >= 4 is 0 Å². The van der Waals surface area contributed by atoms with Crippen LogP contribution in [0, 0.1) is 5.82 Å². The van der Waals surface area contributed by atoms with Crippen LogP contribution >= 0.6 is 0 Å². The fourth-order valence-corrected chi connectivity index (χ4v) is 0.806. The molecule has 0 atom stereocenters. The number of aromatic nitrogens is 1. The summed E-state index contributed by atoms with van der Waals surface area (Å²) in [6.45, 7) is 3.91. The lowest BCUT2D eigenvalue weighted by Gasteiger charge is -1.99. The maximum atomic E-state index is 12.6. The zero-order valence-corrected chi connectivity index (χ0v) is 5.61. The summed E-state index contributed by atoms with van der Waals surface area (Å²) in [6.07, 6.45) is 1.62. The number of H-pyrrole nitrogens is 1. The van der Waals surface area contributed by atoms with E-state index in [1.54, 1.807) is 6.20 Å². The summed E-state index contributed by atoms with van der Waals surface area (Å²) < 4.78 is 12.6. The molecule has 0 bridgehead atoms. The van der Waals surface area contributed by atoms with Gasteiger partial charge in [0.05, 0.1) is 5.69 Å². The molecule has 0 saturated heterocycles. The van der Waals surface area contributed by atoms with Gasteiger partial charge in [-0.1, -0.05) is 13.8 Å². The van der Waals surface area contributed by atoms with Crippen molar-refractivity contribution in [3.8, 4) is 0 Å². The maximum absolute atomic E-state index is 12.6. The van der Waals surface area contributed by atoms with E-state index < -0.39 is 0 Å². The molecule has 1 rings (SSSR count). The zero-order valence-electron chi connectivity index (χ0n) is 5.61. The van der Waals surface area contributed by atoms with E-state index in [1.165, 1.54) is 6.07 Å². The topological polar surface area (TPSA) is 15.8 Å². The summed E-state index contributed by atoms with van der Waals surface area (Å²) in [6, 6.07) is 1.44. The molecule has 0 aliphatic heterocycles. The summed E-state index contributed by atoms with van der Waals surface area (Å²) in [5, 5.41) is 0. The second kappa shape index (κ2) is 2.21. The van der Waals surface area contributed by atoms with Crippen LogP contribution in [0.1, 0.15) is 25.5 Å². The van der Waals surface area contributed by atoms with Crippen LogP contribution in [0.3, 0.4) is 0 Å². The molecule has 9 heavy (non-hydrogen) atoms. The lowest BCUT2D eigenvalue weighted by molar-refractivity contribution is 0.597. The highest BCUT2D eigenvalue weighted by atomic mass is 19.1. The van der Waals surface area contributed by atoms with Crippen LogP contribution in [0.5, 0.6) is 0 Å². The Balaban J connectivity index is 2.94. The molecule has 1 nitrogen and oxygen atoms in total. The molecule has 0 radical (unpaired) electrons. The van der Waals surface area contributed by atoms with Crippen molar-refractivity contribution in [1.29, 1.82) is 0 Å². The molecule has 0 amide bonds. The first-order valence-electron chi connectivity index (χ1n) is 3.04. The van der Waals surface area contributed by atoms with Crippen molar-refractivity contribution in [2.75, 3.05) is 0 Å². The van der Waals surface area contributed by atoms with Gasteiger partial charge in [-0.3, -0.25) is 0 Å². The number of aromatic amines is 1. The van der Waals surface area contributed by atoms with E-state index >= 15 is 0 Å². The van der Waals surface area contributed by atoms with Gasteiger partial charge in [-0.2, -0.15) is 0 Å². The number of hydrogen-bond donors (Lipinski definition) is 1. The highest BCUT2D eigenvalue weighted by molar-refractivity contribution is 5.10. The van der Waals surface area contributed by atoms with Crippen molar-refractivity contribution in [2.45, 2.75) is 19.8 Å². The van der Waals surface area contributed by atoms with Gasteiger partial charge in [0.25, 0.3) is 0 Å². The molecule has 0 fully saturated rings. The van der Waals surface area contributed by atoms with E-state index in [-0.39, 0.29) is 11.7 Å². The molecular formula is C7H10FN. The number of hydrogen-bond acceptors (Lipinski definition) is 0. The van der Waals surface area contributed by atoms with Gasteiger partial charge in [0.2, 0.25) is 0 Å². The number of halogens is 1. The Labute approximate surface area is 53.9 Å². The van der Waals surface area contributed by atoms with Crippen molar-refractivity contribution in [2.24, 2.45) is 0 Å². The van der Waals surface area contributed by atoms with Crippen molar-refractivity contribution in [3.63, 3.8) is 0 Å². The molecule has 0 aliphatic carbocycles. The molecule has 0 spiro atoms. The van der Waals surface area contributed by atoms with Crippen LogP contribution < -0.4 is 0 Å². The van der Waals surface area contributed by atoms with Gasteiger partial charge in [0.15, 0.2) is 0 Å². The van der Waals surface area contributed by atoms with Gasteiger partial charge >= 0.3 is 0 Å². The van der Waals surface area contributed by atoms with Crippen molar-refractivity contribution < 1.29 is 4.39 Å². The maximum Gasteiger partial charge on any atom is 0.144 e. The molecule has 1 aromatic rings. The first-order chi connectivity index (χ1) is 4.22. The molecule has 50 valence electrons. The molecule has 0 aromatic carbocycles. The molecule has 0 aliphatic rings. The Morgan fingerprint density at radius 2 is 2.22 bits per heavy atom. The van der Waals surface area contributed by atoms with Gasteiger partial charge in [0.1, 0.15) is 5.82 Å². The van der Waals surface area contributed by atoms with Gasteiger partial charge in [-0.15, -0.1) is 0 Å². The first kappa shape index (κ1) is 6.33. The minimum Gasteiger partial charge on any atom is -0.362 e. The lowest BCUT2D eigenvalue weighted by atomic mass is 10.1. The highest BCUT2D eigenvalue weighted by Gasteiger charge is 2.04.